The standard InChI is InChI=1S/C92H134N22O18S2/c1-4-5-30-64-80(120)110-72(85(125)109-70(89(129)130)46-55-24-12-10-13-25-55)52-134-133-51-71(84(124)108-69(47-56-48-96-53-101-56)83(123)103-63(78(118)100-49-77(117)113-43-22-34-73(113)86(126)104-64)31-18-11-19-40-97-75(115)38-36-61-57-26-14-6-7-15-27-58(57)61)111-82(122)68(45-54(2)3)107-79(119)65(32-20-41-98-90(93)94)105-87(127)74-35-23-44-114(74)88(128)67(106-81(121)66-37-39-76(116)102-66)33-21-42-99-91(95)112-92(131)132-50-62-59-28-16-8-9-17-29-60(59)62/h10,12-13,24-25,48,53-54,57-74H,4-5,11,14-23,26-47,49-52H2,1-3H3,(H,96,101)(H,97,115)(H,100,118)(H,102,116)(H,103,123)(H,104,126)(H,105,127)(H,106,121)(H,107,119)(H,108,124)(H,109,125)(H,110,120)(H,111,122)(H,129,130)(H4,93,94,98)(H3,95,99,112,131)/t57?,58?,59?,60?,61?,62?,63-,64-,65-,66-,67-,68-,69-,70-,71-,72-,73-,74-/m0/s1. The molecule has 15 amide bonds. The number of rotatable bonds is 40. The minimum absolute atomic E-state index is 0.0104. The average Bonchev–Trinajstić information content (AvgIpc) is 1.63. The summed E-state index contributed by atoms with van der Waals surface area (Å²) in [4.78, 5) is 239. The second-order valence-electron chi connectivity index (χ2n) is 36.2. The van der Waals surface area contributed by atoms with Gasteiger partial charge in [-0.2, -0.15) is 0 Å². The summed E-state index contributed by atoms with van der Waals surface area (Å²) in [6.07, 6.45) is 13.3. The largest absolute Gasteiger partial charge is 0.480 e. The van der Waals surface area contributed by atoms with Gasteiger partial charge in [0.1, 0.15) is 72.5 Å². The Kier molecular flexibility index (Phi) is 41.6. The van der Waals surface area contributed by atoms with E-state index in [0.717, 1.165) is 79.4 Å². The summed E-state index contributed by atoms with van der Waals surface area (Å²) in [5, 5.41) is 67.7. The van der Waals surface area contributed by atoms with Crippen molar-refractivity contribution in [3.8, 4) is 23.7 Å². The number of alkyl carbamates (subject to hydrolysis) is 1. The van der Waals surface area contributed by atoms with E-state index in [1.165, 1.54) is 22.3 Å². The fraction of sp³-hybridized carbons (Fsp3) is 0.663. The molecule has 1 aromatic heterocycles. The fourth-order valence-electron chi connectivity index (χ4n) is 18.5. The average molecular weight is 1900 g/mol. The Morgan fingerprint density at radius 2 is 1.23 bits per heavy atom. The van der Waals surface area contributed by atoms with Gasteiger partial charge in [0.05, 0.1) is 25.2 Å². The van der Waals surface area contributed by atoms with Crippen LogP contribution >= 0.6 is 21.6 Å². The van der Waals surface area contributed by atoms with Crippen LogP contribution in [0.2, 0.25) is 0 Å². The zero-order valence-electron chi connectivity index (χ0n) is 76.7. The number of carbonyl (C=O) groups is 16. The molecule has 8 aliphatic rings. The first-order valence-corrected chi connectivity index (χ1v) is 49.9. The number of hydrogen-bond donors (Lipinski definition) is 20. The van der Waals surface area contributed by atoms with Gasteiger partial charge in [-0.25, -0.2) is 14.6 Å². The topological polar surface area (TPSA) is 592 Å². The molecule has 134 heavy (non-hydrogen) atoms. The van der Waals surface area contributed by atoms with Crippen molar-refractivity contribution in [2.24, 2.45) is 47.2 Å². The molecular weight excluding hydrogens is 1770 g/mol. The van der Waals surface area contributed by atoms with Crippen LogP contribution in [-0.4, -0.2) is 261 Å². The number of nitrogens with one attached hydrogen (secondary N) is 18. The number of hydrogen-bond acceptors (Lipinski definition) is 22. The summed E-state index contributed by atoms with van der Waals surface area (Å²) in [7, 11) is 1.82. The number of ether oxygens (including phenoxy) is 1. The van der Waals surface area contributed by atoms with Crippen LogP contribution in [0.25, 0.3) is 0 Å². The molecule has 732 valence electrons. The monoisotopic (exact) mass is 1900 g/mol. The molecule has 4 saturated heterocycles. The third kappa shape index (κ3) is 33.1. The number of aromatic nitrogens is 2. The van der Waals surface area contributed by atoms with Crippen LogP contribution in [0.3, 0.4) is 0 Å². The van der Waals surface area contributed by atoms with E-state index in [4.69, 9.17) is 21.3 Å². The predicted molar refractivity (Wildman–Crippen MR) is 498 cm³/mol. The molecule has 40 nitrogen and oxygen atoms in total. The van der Waals surface area contributed by atoms with Crippen molar-refractivity contribution in [1.82, 2.24) is 99.5 Å². The predicted octanol–water partition coefficient (Wildman–Crippen LogP) is 1.28. The molecule has 1 aromatic carbocycles. The number of H-pyrrole nitrogens is 1. The van der Waals surface area contributed by atoms with E-state index in [2.05, 4.69) is 113 Å². The number of aliphatic carboxylic acids is 1. The second-order valence-corrected chi connectivity index (χ2v) is 38.8. The Hall–Kier alpha value is -11.7. The minimum atomic E-state index is -1.68. The van der Waals surface area contributed by atoms with E-state index >= 15 is 19.2 Å². The number of carboxylic acid groups (broad SMARTS) is 1. The number of nitrogens with zero attached hydrogens (tertiary/aromatic N) is 3. The number of imidazole rings is 1. The van der Waals surface area contributed by atoms with Crippen molar-refractivity contribution in [2.75, 3.05) is 57.4 Å². The maximum Gasteiger partial charge on any atom is 0.413 e. The summed E-state index contributed by atoms with van der Waals surface area (Å²) in [5.74, 6) is 1.97. The molecule has 2 saturated carbocycles. The molecule has 6 fully saturated rings. The summed E-state index contributed by atoms with van der Waals surface area (Å²) in [6, 6.07) is -8.14. The van der Waals surface area contributed by atoms with Crippen LogP contribution in [0.15, 0.2) is 42.9 Å². The highest BCUT2D eigenvalue weighted by atomic mass is 33.1. The second kappa shape index (κ2) is 53.4. The van der Waals surface area contributed by atoms with Crippen molar-refractivity contribution in [2.45, 2.75) is 286 Å². The molecular formula is C92H134N22O18S2. The third-order valence-electron chi connectivity index (χ3n) is 25.9. The number of likely N-dealkylation sites (tertiary alicyclic amines) is 1. The lowest BCUT2D eigenvalue weighted by molar-refractivity contribution is -0.142. The number of fused-ring (bicyclic) bond motifs is 3. The van der Waals surface area contributed by atoms with Gasteiger partial charge in [-0.15, -0.1) is 23.7 Å². The maximum absolute atomic E-state index is 15.5. The molecule has 2 aromatic rings. The lowest BCUT2D eigenvalue weighted by Crippen LogP contribution is -2.61. The lowest BCUT2D eigenvalue weighted by atomic mass is 10.0. The Morgan fingerprint density at radius 1 is 0.612 bits per heavy atom. The van der Waals surface area contributed by atoms with Gasteiger partial charge in [-0.3, -0.25) is 83.3 Å². The van der Waals surface area contributed by atoms with Crippen LogP contribution < -0.4 is 85.5 Å². The van der Waals surface area contributed by atoms with Crippen molar-refractivity contribution < 1.29 is 86.6 Å². The minimum Gasteiger partial charge on any atom is -0.480 e. The summed E-state index contributed by atoms with van der Waals surface area (Å²) in [5.41, 5.74) is 6.47. The number of amides is 15. The maximum atomic E-state index is 15.5. The normalized spacial score (nSPS) is 25.3. The van der Waals surface area contributed by atoms with Gasteiger partial charge < -0.3 is 105 Å². The molecule has 0 spiro atoms. The number of aromatic amines is 1. The highest BCUT2D eigenvalue weighted by Gasteiger charge is 2.51. The molecule has 4 aliphatic heterocycles. The van der Waals surface area contributed by atoms with Crippen molar-refractivity contribution >= 4 is 128 Å². The molecule has 21 N–H and O–H groups in total. The van der Waals surface area contributed by atoms with Gasteiger partial charge in [-0.1, -0.05) is 98.4 Å². The van der Waals surface area contributed by atoms with E-state index in [9.17, 15) is 62.6 Å². The highest BCUT2D eigenvalue weighted by Crippen LogP contribution is 2.55. The molecule has 4 aliphatic carbocycles. The Balaban J connectivity index is 0.881. The van der Waals surface area contributed by atoms with E-state index in [0.29, 0.717) is 93.1 Å². The van der Waals surface area contributed by atoms with E-state index in [-0.39, 0.29) is 157 Å². The van der Waals surface area contributed by atoms with Gasteiger partial charge in [0.2, 0.25) is 82.7 Å². The van der Waals surface area contributed by atoms with Gasteiger partial charge in [0, 0.05) is 102 Å². The third-order valence-corrected chi connectivity index (χ3v) is 28.3. The van der Waals surface area contributed by atoms with E-state index in [1.54, 1.807) is 44.2 Å². The number of carboxylic acids is 1. The Bertz CT molecular complexity index is 4550. The quantitative estimate of drug-likeness (QED) is 0.0147. The first-order chi connectivity index (χ1) is 64.5. The zero-order valence-corrected chi connectivity index (χ0v) is 78.3. The molecule has 16 atom stereocenters. The van der Waals surface area contributed by atoms with Gasteiger partial charge in [-0.05, 0) is 163 Å². The molecule has 4 unspecified atom stereocenters. The number of guanidine groups is 2. The molecule has 5 heterocycles. The first-order valence-electron chi connectivity index (χ1n) is 47.4. The van der Waals surface area contributed by atoms with E-state index in [1.807, 2.05) is 6.92 Å². The van der Waals surface area contributed by atoms with Crippen LogP contribution in [0.4, 0.5) is 4.79 Å². The first kappa shape index (κ1) is 104. The summed E-state index contributed by atoms with van der Waals surface area (Å²) in [6.45, 7) is 5.45. The Morgan fingerprint density at radius 3 is 1.90 bits per heavy atom. The fourth-order valence-corrected chi connectivity index (χ4v) is 20.9. The number of carbonyl (C=O) groups excluding carboxylic acids is 15. The number of benzene rings is 1. The van der Waals surface area contributed by atoms with Crippen LogP contribution in [-0.2, 0) is 89.5 Å². The van der Waals surface area contributed by atoms with E-state index < -0.39 is 174 Å². The molecule has 42 heteroatoms. The molecule has 0 bridgehead atoms. The van der Waals surface area contributed by atoms with Crippen molar-refractivity contribution in [3.63, 3.8) is 0 Å². The lowest BCUT2D eigenvalue weighted by Gasteiger charge is -2.31. The van der Waals surface area contributed by atoms with Crippen molar-refractivity contribution in [1.29, 1.82) is 10.8 Å². The number of unbranched alkanes of at least 4 members (excludes halogenated alkanes) is 3. The molecule has 10 rings (SSSR count). The van der Waals surface area contributed by atoms with Gasteiger partial charge in [0.15, 0.2) is 11.9 Å². The smallest absolute Gasteiger partial charge is 0.413 e. The SMILES string of the molecule is CCCC[C@@H]1NC(=O)[C@@H]2CCCN2C(=O)CNC(=O)[C@H](CCCCCNC(=O)CCC2C3CCC#CCCC32)NC(=O)[C@H](Cc2c[nH]cn2)NC(=O)[C@@H](NC(=O)[C@H](CC(C)C)NC(=O)[C@H](CCCNC(=N)N)NC(=O)[C@@H]2CCCN2C(=O)[C@H](CCCNC(=N)NC(=O)OCC2C3CCC#CCCC32)NC(=O)[C@@H]2CCC(=O)N2)CSSC[C@@H](C(=O)N[C@@H](Cc2ccccc2)C(=O)O)NC1=O. The highest BCUT2D eigenvalue weighted by molar-refractivity contribution is 8.76. The molecule has 0 radical (unpaired) electrons. The van der Waals surface area contributed by atoms with Crippen LogP contribution in [0.5, 0.6) is 0 Å². The zero-order chi connectivity index (χ0) is 96.2. The van der Waals surface area contributed by atoms with Crippen molar-refractivity contribution in [3.05, 3.63) is 54.1 Å². The van der Waals surface area contributed by atoms with Crippen LogP contribution in [0, 0.1) is 75.9 Å². The van der Waals surface area contributed by atoms with Crippen LogP contribution in [0.1, 0.15) is 212 Å². The van der Waals surface area contributed by atoms with Gasteiger partial charge in [0.25, 0.3) is 0 Å². The summed E-state index contributed by atoms with van der Waals surface area (Å²) < 4.78 is 5.49. The van der Waals surface area contributed by atoms with Gasteiger partial charge >= 0.3 is 12.1 Å². The Labute approximate surface area is 789 Å². The summed E-state index contributed by atoms with van der Waals surface area (Å²) >= 11 is 0. The number of nitrogens with two attached hydrogens (primary N) is 1.